The van der Waals surface area contributed by atoms with Crippen LogP contribution in [0.1, 0.15) is 26.8 Å². The van der Waals surface area contributed by atoms with E-state index in [0.717, 1.165) is 11.3 Å². The maximum absolute atomic E-state index is 13.2. The molecule has 9 heteroatoms. The number of benzene rings is 1. The van der Waals surface area contributed by atoms with Crippen molar-refractivity contribution in [2.24, 2.45) is 7.05 Å². The highest BCUT2D eigenvalue weighted by Crippen LogP contribution is 2.29. The molecule has 160 valence electrons. The minimum absolute atomic E-state index is 0.0832. The van der Waals surface area contributed by atoms with Crippen molar-refractivity contribution >= 4 is 27.5 Å². The SMILES string of the molecule is COc1ccc(C(C#N)N2CCN(C(=O)c3sc4ncn(C)c(=O)c4c3C)CC2)cc1. The number of carbonyl (C=O) groups excluding carboxylic acids is 1. The van der Waals surface area contributed by atoms with E-state index in [0.29, 0.717) is 46.8 Å². The van der Waals surface area contributed by atoms with Crippen molar-refractivity contribution in [1.29, 1.82) is 5.26 Å². The Morgan fingerprint density at radius 2 is 1.90 bits per heavy atom. The summed E-state index contributed by atoms with van der Waals surface area (Å²) in [5, 5.41) is 10.3. The van der Waals surface area contributed by atoms with Crippen LogP contribution in [0.4, 0.5) is 0 Å². The Balaban J connectivity index is 1.49. The lowest BCUT2D eigenvalue weighted by molar-refractivity contribution is 0.0610. The number of aromatic nitrogens is 2. The van der Waals surface area contributed by atoms with Crippen molar-refractivity contribution in [2.75, 3.05) is 33.3 Å². The number of fused-ring (bicyclic) bond motifs is 1. The molecular weight excluding hydrogens is 414 g/mol. The molecule has 0 radical (unpaired) electrons. The molecule has 1 unspecified atom stereocenters. The Bertz CT molecular complexity index is 1220. The summed E-state index contributed by atoms with van der Waals surface area (Å²) in [5.41, 5.74) is 1.46. The second-order valence-electron chi connectivity index (χ2n) is 7.53. The zero-order chi connectivity index (χ0) is 22.1. The van der Waals surface area contributed by atoms with Gasteiger partial charge in [0.2, 0.25) is 0 Å². The molecule has 1 aromatic carbocycles. The fraction of sp³-hybridized carbons (Fsp3) is 0.364. The van der Waals surface area contributed by atoms with Gasteiger partial charge in [0.1, 0.15) is 16.6 Å². The molecule has 0 N–H and O–H groups in total. The number of piperazine rings is 1. The van der Waals surface area contributed by atoms with Gasteiger partial charge in [-0.1, -0.05) is 12.1 Å². The van der Waals surface area contributed by atoms with Gasteiger partial charge in [0.25, 0.3) is 11.5 Å². The van der Waals surface area contributed by atoms with Crippen molar-refractivity contribution in [2.45, 2.75) is 13.0 Å². The third kappa shape index (κ3) is 3.80. The molecule has 0 aliphatic carbocycles. The quantitative estimate of drug-likeness (QED) is 0.622. The molecule has 1 atom stereocenters. The largest absolute Gasteiger partial charge is 0.497 e. The highest BCUT2D eigenvalue weighted by Gasteiger charge is 2.29. The van der Waals surface area contributed by atoms with E-state index in [2.05, 4.69) is 16.0 Å². The van der Waals surface area contributed by atoms with E-state index in [1.165, 1.54) is 22.2 Å². The lowest BCUT2D eigenvalue weighted by atomic mass is 10.1. The minimum atomic E-state index is -0.374. The molecular formula is C22H23N5O3S. The van der Waals surface area contributed by atoms with Gasteiger partial charge in [-0.25, -0.2) is 4.98 Å². The van der Waals surface area contributed by atoms with Crippen LogP contribution in [-0.2, 0) is 7.05 Å². The van der Waals surface area contributed by atoms with E-state index < -0.39 is 0 Å². The van der Waals surface area contributed by atoms with Crippen molar-refractivity contribution in [3.8, 4) is 11.8 Å². The summed E-state index contributed by atoms with van der Waals surface area (Å²) >= 11 is 1.27. The number of nitriles is 1. The normalized spacial score (nSPS) is 15.6. The van der Waals surface area contributed by atoms with Crippen molar-refractivity contribution in [3.05, 3.63) is 57.0 Å². The van der Waals surface area contributed by atoms with Gasteiger partial charge in [0.05, 0.1) is 29.8 Å². The molecule has 8 nitrogen and oxygen atoms in total. The number of amides is 1. The summed E-state index contributed by atoms with van der Waals surface area (Å²) in [6.07, 6.45) is 1.48. The maximum atomic E-state index is 13.2. The summed E-state index contributed by atoms with van der Waals surface area (Å²) in [6.45, 7) is 4.04. The second-order valence-corrected chi connectivity index (χ2v) is 8.53. The molecule has 0 bridgehead atoms. The summed E-state index contributed by atoms with van der Waals surface area (Å²) in [5.74, 6) is 0.666. The minimum Gasteiger partial charge on any atom is -0.497 e. The molecule has 1 saturated heterocycles. The summed E-state index contributed by atoms with van der Waals surface area (Å²) in [4.78, 5) is 35.0. The number of thiophene rings is 1. The van der Waals surface area contributed by atoms with Crippen LogP contribution in [-0.4, -0.2) is 58.5 Å². The van der Waals surface area contributed by atoms with Gasteiger partial charge in [-0.05, 0) is 30.2 Å². The first-order valence-corrected chi connectivity index (χ1v) is 10.8. The number of carbonyl (C=O) groups is 1. The third-order valence-electron chi connectivity index (χ3n) is 5.73. The zero-order valence-corrected chi connectivity index (χ0v) is 18.5. The molecule has 31 heavy (non-hydrogen) atoms. The summed E-state index contributed by atoms with van der Waals surface area (Å²) in [6, 6.07) is 9.51. The molecule has 3 heterocycles. The number of rotatable bonds is 4. The fourth-order valence-corrected chi connectivity index (χ4v) is 5.00. The number of ether oxygens (including phenoxy) is 1. The smallest absolute Gasteiger partial charge is 0.264 e. The van der Waals surface area contributed by atoms with Crippen molar-refractivity contribution in [3.63, 3.8) is 0 Å². The van der Waals surface area contributed by atoms with Gasteiger partial charge in [-0.3, -0.25) is 14.5 Å². The molecule has 1 aliphatic rings. The first-order valence-electron chi connectivity index (χ1n) is 9.96. The molecule has 3 aromatic rings. The first-order chi connectivity index (χ1) is 14.9. The Kier molecular flexibility index (Phi) is 5.76. The Morgan fingerprint density at radius 3 is 2.52 bits per heavy atom. The topological polar surface area (TPSA) is 91.5 Å². The van der Waals surface area contributed by atoms with E-state index in [9.17, 15) is 14.9 Å². The predicted molar refractivity (Wildman–Crippen MR) is 118 cm³/mol. The predicted octanol–water partition coefficient (Wildman–Crippen LogP) is 2.33. The molecule has 1 amide bonds. The number of hydrogen-bond donors (Lipinski definition) is 0. The molecule has 1 fully saturated rings. The molecule has 4 rings (SSSR count). The van der Waals surface area contributed by atoms with Gasteiger partial charge in [-0.15, -0.1) is 11.3 Å². The number of methoxy groups -OCH3 is 1. The monoisotopic (exact) mass is 437 g/mol. The Morgan fingerprint density at radius 1 is 1.23 bits per heavy atom. The molecule has 2 aromatic heterocycles. The van der Waals surface area contributed by atoms with Crippen LogP contribution in [0.2, 0.25) is 0 Å². The maximum Gasteiger partial charge on any atom is 0.264 e. The van der Waals surface area contributed by atoms with Crippen LogP contribution in [0.15, 0.2) is 35.4 Å². The molecule has 0 saturated carbocycles. The Hall–Kier alpha value is -3.22. The number of hydrogen-bond acceptors (Lipinski definition) is 7. The van der Waals surface area contributed by atoms with E-state index in [1.807, 2.05) is 24.3 Å². The van der Waals surface area contributed by atoms with Crippen LogP contribution in [0.25, 0.3) is 10.2 Å². The average molecular weight is 438 g/mol. The third-order valence-corrected chi connectivity index (χ3v) is 6.91. The Labute approximate surface area is 183 Å². The van der Waals surface area contributed by atoms with Gasteiger partial charge in [0, 0.05) is 33.2 Å². The second kappa shape index (κ2) is 8.49. The lowest BCUT2D eigenvalue weighted by Crippen LogP contribution is -2.49. The fourth-order valence-electron chi connectivity index (χ4n) is 3.89. The molecule has 0 spiro atoms. The highest BCUT2D eigenvalue weighted by atomic mass is 32.1. The van der Waals surface area contributed by atoms with Crippen molar-refractivity contribution in [1.82, 2.24) is 19.4 Å². The van der Waals surface area contributed by atoms with Gasteiger partial charge >= 0.3 is 0 Å². The summed E-state index contributed by atoms with van der Waals surface area (Å²) < 4.78 is 6.62. The van der Waals surface area contributed by atoms with E-state index in [1.54, 1.807) is 26.0 Å². The van der Waals surface area contributed by atoms with Crippen molar-refractivity contribution < 1.29 is 9.53 Å². The number of nitrogens with zero attached hydrogens (tertiary/aromatic N) is 5. The van der Waals surface area contributed by atoms with Gasteiger partial charge in [0.15, 0.2) is 0 Å². The summed E-state index contributed by atoms with van der Waals surface area (Å²) in [7, 11) is 3.26. The van der Waals surface area contributed by atoms with E-state index >= 15 is 0 Å². The zero-order valence-electron chi connectivity index (χ0n) is 17.7. The van der Waals surface area contributed by atoms with Crippen LogP contribution < -0.4 is 10.3 Å². The standard InChI is InChI=1S/C22H23N5O3S/c1-14-18-20(24-13-25(2)21(18)28)31-19(14)22(29)27-10-8-26(9-11-27)17(12-23)15-4-6-16(30-3)7-5-15/h4-7,13,17H,8-11H2,1-3H3. The number of aryl methyl sites for hydroxylation is 2. The first kappa shape index (κ1) is 21.0. The van der Waals surface area contributed by atoms with Crippen LogP contribution in [0.3, 0.4) is 0 Å². The van der Waals surface area contributed by atoms with Gasteiger partial charge in [-0.2, -0.15) is 5.26 Å². The van der Waals surface area contributed by atoms with E-state index in [-0.39, 0.29) is 17.5 Å². The van der Waals surface area contributed by atoms with Crippen LogP contribution in [0.5, 0.6) is 5.75 Å². The van der Waals surface area contributed by atoms with E-state index in [4.69, 9.17) is 4.74 Å². The lowest BCUT2D eigenvalue weighted by Gasteiger charge is -2.37. The van der Waals surface area contributed by atoms with Crippen LogP contribution >= 0.6 is 11.3 Å². The highest BCUT2D eigenvalue weighted by molar-refractivity contribution is 7.20. The van der Waals surface area contributed by atoms with Crippen LogP contribution in [0, 0.1) is 18.3 Å². The van der Waals surface area contributed by atoms with Gasteiger partial charge < -0.3 is 14.2 Å². The average Bonchev–Trinajstić information content (AvgIpc) is 3.14. The molecule has 1 aliphatic heterocycles.